The average Bonchev–Trinajstić information content (AvgIpc) is 3.61. The molecular weight excluding hydrogens is 719 g/mol. The van der Waals surface area contributed by atoms with Crippen LogP contribution in [0.25, 0.3) is 0 Å². The van der Waals surface area contributed by atoms with E-state index in [1.54, 1.807) is 11.8 Å². The maximum atomic E-state index is 14.2. The van der Waals surface area contributed by atoms with Crippen molar-refractivity contribution < 1.29 is 37.4 Å². The zero-order valence-electron chi connectivity index (χ0n) is 29.1. The standard InChI is InChI=1S/C34H36ClF3N8O4.CH3NO/c1-4-28(42-19-40-15-22-5-6-24-17-50-18-25(24)13-22)30(33(49)46(39-3)16-23-7-8-26(14-27(23)35)34(36,37)38)44-9-11-45(12-10-44)32(48)29-31(47)21(2)41-20-43-29;2-1-3/h5-8,13-14,19-20,47H,3-4,9-12,15-18H2,1-2H3,(H,40,42);1H,(H2,2,3)/b30-28+;. The van der Waals surface area contributed by atoms with E-state index in [-0.39, 0.29) is 72.6 Å². The number of aryl methyl sites for hydroxylation is 1. The monoisotopic (exact) mass is 757 g/mol. The van der Waals surface area contributed by atoms with E-state index in [9.17, 15) is 27.9 Å². The summed E-state index contributed by atoms with van der Waals surface area (Å²) in [4.78, 5) is 51.7. The van der Waals surface area contributed by atoms with Crippen molar-refractivity contribution in [1.29, 1.82) is 0 Å². The van der Waals surface area contributed by atoms with Gasteiger partial charge in [0.1, 0.15) is 12.0 Å². The number of hydrogen-bond acceptors (Lipinski definition) is 10. The Labute approximate surface area is 308 Å². The predicted octanol–water partition coefficient (Wildman–Crippen LogP) is 4.14. The van der Waals surface area contributed by atoms with E-state index in [2.05, 4.69) is 43.9 Å². The lowest BCUT2D eigenvalue weighted by molar-refractivity contribution is -0.137. The van der Waals surface area contributed by atoms with Gasteiger partial charge < -0.3 is 30.7 Å². The number of carbonyl (C=O) groups excluding carboxylic acids is 3. The molecule has 2 aliphatic heterocycles. The maximum absolute atomic E-state index is 14.2. The van der Waals surface area contributed by atoms with Gasteiger partial charge in [0, 0.05) is 43.6 Å². The molecule has 0 saturated carbocycles. The summed E-state index contributed by atoms with van der Waals surface area (Å²) >= 11 is 6.22. The number of alkyl halides is 3. The molecule has 14 nitrogen and oxygen atoms in total. The quantitative estimate of drug-likeness (QED) is 0.0853. The third-order valence-corrected chi connectivity index (χ3v) is 8.78. The molecule has 0 atom stereocenters. The number of piperazine rings is 1. The fraction of sp³-hybridized carbons (Fsp3) is 0.343. The number of carbonyl (C=O) groups is 3. The summed E-state index contributed by atoms with van der Waals surface area (Å²) in [5.74, 6) is -1.36. The zero-order chi connectivity index (χ0) is 38.7. The van der Waals surface area contributed by atoms with E-state index in [1.807, 2.05) is 19.1 Å². The largest absolute Gasteiger partial charge is 0.504 e. The lowest BCUT2D eigenvalue weighted by atomic mass is 10.1. The number of primary amides is 1. The number of nitrogens with two attached hydrogens (primary N) is 1. The van der Waals surface area contributed by atoms with Gasteiger partial charge in [-0.1, -0.05) is 42.8 Å². The number of rotatable bonds is 11. The number of allylic oxidation sites excluding steroid dienone is 1. The summed E-state index contributed by atoms with van der Waals surface area (Å²) in [5, 5.41) is 18.3. The van der Waals surface area contributed by atoms with Crippen LogP contribution in [0.3, 0.4) is 0 Å². The molecule has 1 saturated heterocycles. The minimum Gasteiger partial charge on any atom is -0.504 e. The van der Waals surface area contributed by atoms with Crippen LogP contribution in [0.2, 0.25) is 5.02 Å². The molecule has 0 radical (unpaired) electrons. The van der Waals surface area contributed by atoms with Gasteiger partial charge in [0.25, 0.3) is 11.8 Å². The third-order valence-electron chi connectivity index (χ3n) is 8.43. The Bertz CT molecular complexity index is 1880. The molecule has 53 heavy (non-hydrogen) atoms. The molecule has 1 fully saturated rings. The highest BCUT2D eigenvalue weighted by Crippen LogP contribution is 2.33. The van der Waals surface area contributed by atoms with E-state index < -0.39 is 23.6 Å². The van der Waals surface area contributed by atoms with Crippen molar-refractivity contribution in [2.45, 2.75) is 52.7 Å². The first kappa shape index (κ1) is 40.2. The minimum absolute atomic E-state index is 0.115. The molecule has 1 aromatic heterocycles. The fourth-order valence-corrected chi connectivity index (χ4v) is 5.86. The number of hydrazone groups is 1. The molecule has 0 unspecified atom stereocenters. The second-order valence-corrected chi connectivity index (χ2v) is 12.2. The molecule has 2 aromatic carbocycles. The molecule has 3 amide bonds. The van der Waals surface area contributed by atoms with Crippen LogP contribution in [0.5, 0.6) is 5.75 Å². The van der Waals surface area contributed by atoms with E-state index >= 15 is 0 Å². The number of aromatic nitrogens is 2. The molecule has 5 rings (SSSR count). The lowest BCUT2D eigenvalue weighted by Crippen LogP contribution is -2.51. The van der Waals surface area contributed by atoms with Crippen LogP contribution in [-0.2, 0) is 46.8 Å². The van der Waals surface area contributed by atoms with Gasteiger partial charge in [0.05, 0.1) is 43.9 Å². The molecule has 0 aliphatic carbocycles. The Balaban J connectivity index is 0.00000202. The SMILES string of the molecule is C=NN(Cc1ccc(C(F)(F)F)cc1Cl)C(=O)/C(=C(/CC)NC=NCc1ccc2c(c1)COC2)N1CCN(C(=O)c2ncnc(C)c2O)CC1.NC=O. The van der Waals surface area contributed by atoms with Gasteiger partial charge in [-0.05, 0) is 47.7 Å². The van der Waals surface area contributed by atoms with E-state index in [1.165, 1.54) is 23.6 Å². The van der Waals surface area contributed by atoms with Crippen LogP contribution < -0.4 is 11.1 Å². The number of amides is 3. The van der Waals surface area contributed by atoms with Crippen LogP contribution in [-0.4, -0.2) is 87.3 Å². The van der Waals surface area contributed by atoms with Crippen LogP contribution in [0, 0.1) is 6.92 Å². The second kappa shape index (κ2) is 18.3. The maximum Gasteiger partial charge on any atom is 0.416 e. The van der Waals surface area contributed by atoms with Crippen molar-refractivity contribution in [3.8, 4) is 5.75 Å². The summed E-state index contributed by atoms with van der Waals surface area (Å²) < 4.78 is 45.3. The van der Waals surface area contributed by atoms with Crippen LogP contribution in [0.4, 0.5) is 13.2 Å². The molecule has 3 heterocycles. The highest BCUT2D eigenvalue weighted by atomic mass is 35.5. The molecule has 282 valence electrons. The molecule has 18 heteroatoms. The summed E-state index contributed by atoms with van der Waals surface area (Å²) in [6.07, 6.45) is -1.26. The van der Waals surface area contributed by atoms with Gasteiger partial charge in [-0.3, -0.25) is 19.4 Å². The topological polar surface area (TPSA) is 179 Å². The molecule has 0 spiro atoms. The fourth-order valence-electron chi connectivity index (χ4n) is 5.62. The average molecular weight is 758 g/mol. The van der Waals surface area contributed by atoms with Crippen molar-refractivity contribution >= 4 is 42.9 Å². The number of nitrogens with zero attached hydrogens (tertiary/aromatic N) is 7. The van der Waals surface area contributed by atoms with Gasteiger partial charge in [-0.2, -0.15) is 18.3 Å². The first-order chi connectivity index (χ1) is 25.3. The van der Waals surface area contributed by atoms with Gasteiger partial charge >= 0.3 is 6.18 Å². The van der Waals surface area contributed by atoms with Crippen molar-refractivity contribution in [2.24, 2.45) is 15.8 Å². The molecular formula is C35H39ClF3N9O5. The molecule has 0 bridgehead atoms. The highest BCUT2D eigenvalue weighted by molar-refractivity contribution is 6.31. The molecule has 3 aromatic rings. The number of benzene rings is 2. The smallest absolute Gasteiger partial charge is 0.416 e. The number of halogens is 4. The Hall–Kier alpha value is -5.55. The number of aliphatic imine (C=N–C) groups is 1. The van der Waals surface area contributed by atoms with Gasteiger partial charge in [0.2, 0.25) is 6.41 Å². The molecule has 2 aliphatic rings. The summed E-state index contributed by atoms with van der Waals surface area (Å²) in [7, 11) is 0. The van der Waals surface area contributed by atoms with E-state index in [0.29, 0.717) is 31.9 Å². The first-order valence-electron chi connectivity index (χ1n) is 16.3. The third kappa shape index (κ3) is 10.1. The number of hydrogen-bond donors (Lipinski definition) is 3. The molecule has 4 N–H and O–H groups in total. The van der Waals surface area contributed by atoms with Gasteiger partial charge in [-0.25, -0.2) is 15.0 Å². The summed E-state index contributed by atoms with van der Waals surface area (Å²) in [6.45, 7) is 9.07. The van der Waals surface area contributed by atoms with Crippen LogP contribution in [0.1, 0.15) is 57.3 Å². The Morgan fingerprint density at radius 2 is 1.79 bits per heavy atom. The summed E-state index contributed by atoms with van der Waals surface area (Å²) in [5.41, 5.74) is 7.63. The Kier molecular flexibility index (Phi) is 13.9. The Morgan fingerprint density at radius 1 is 1.11 bits per heavy atom. The van der Waals surface area contributed by atoms with Crippen molar-refractivity contribution in [1.82, 2.24) is 30.1 Å². The lowest BCUT2D eigenvalue weighted by Gasteiger charge is -2.38. The van der Waals surface area contributed by atoms with E-state index in [0.717, 1.165) is 33.8 Å². The number of nitrogens with one attached hydrogen (secondary N) is 1. The van der Waals surface area contributed by atoms with E-state index in [4.69, 9.17) is 21.1 Å². The summed E-state index contributed by atoms with van der Waals surface area (Å²) in [6, 6.07) is 8.95. The van der Waals surface area contributed by atoms with Crippen molar-refractivity contribution in [2.75, 3.05) is 26.2 Å². The minimum atomic E-state index is -4.59. The first-order valence-corrected chi connectivity index (χ1v) is 16.7. The van der Waals surface area contributed by atoms with Gasteiger partial charge in [0.15, 0.2) is 11.4 Å². The van der Waals surface area contributed by atoms with Crippen LogP contribution >= 0.6 is 11.6 Å². The predicted molar refractivity (Wildman–Crippen MR) is 190 cm³/mol. The number of fused-ring (bicyclic) bond motifs is 1. The zero-order valence-corrected chi connectivity index (χ0v) is 29.8. The highest BCUT2D eigenvalue weighted by Gasteiger charge is 2.33. The van der Waals surface area contributed by atoms with Crippen molar-refractivity contribution in [3.05, 3.63) is 98.3 Å². The van der Waals surface area contributed by atoms with Gasteiger partial charge in [-0.15, -0.1) is 0 Å². The van der Waals surface area contributed by atoms with Crippen molar-refractivity contribution in [3.63, 3.8) is 0 Å². The van der Waals surface area contributed by atoms with Crippen LogP contribution in [0.15, 0.2) is 64.2 Å². The Morgan fingerprint density at radius 3 is 2.43 bits per heavy atom. The number of ether oxygens (including phenoxy) is 1. The number of aromatic hydroxyl groups is 1. The second-order valence-electron chi connectivity index (χ2n) is 11.8. The normalized spacial score (nSPS) is 14.5.